The van der Waals surface area contributed by atoms with Gasteiger partial charge in [0.1, 0.15) is 6.04 Å². The summed E-state index contributed by atoms with van der Waals surface area (Å²) in [5.74, 6) is -0.400. The van der Waals surface area contributed by atoms with Crippen LogP contribution in [0, 0.1) is 11.8 Å². The maximum absolute atomic E-state index is 13.2. The largest absolute Gasteiger partial charge is 0.341 e. The second-order valence-corrected chi connectivity index (χ2v) is 7.54. The Bertz CT molecular complexity index is 673. The molecule has 2 heterocycles. The van der Waals surface area contributed by atoms with E-state index < -0.39 is 6.04 Å². The first-order valence-electron chi connectivity index (χ1n) is 9.36. The van der Waals surface area contributed by atoms with Gasteiger partial charge in [-0.2, -0.15) is 0 Å². The van der Waals surface area contributed by atoms with Crippen molar-refractivity contribution in [3.63, 3.8) is 0 Å². The second kappa shape index (κ2) is 7.58. The zero-order valence-electron chi connectivity index (χ0n) is 15.7. The number of imide groups is 1. The Morgan fingerprint density at radius 2 is 1.65 bits per heavy atom. The molecule has 0 aliphatic carbocycles. The van der Waals surface area contributed by atoms with E-state index in [-0.39, 0.29) is 23.6 Å². The molecule has 1 saturated heterocycles. The van der Waals surface area contributed by atoms with Crippen LogP contribution in [0.5, 0.6) is 0 Å². The van der Waals surface area contributed by atoms with Crippen molar-refractivity contribution >= 4 is 17.7 Å². The number of amides is 3. The zero-order chi connectivity index (χ0) is 18.8. The molecule has 2 aliphatic rings. The molecule has 0 spiro atoms. The minimum Gasteiger partial charge on any atom is -0.341 e. The molecule has 1 aromatic rings. The molecule has 140 valence electrons. The van der Waals surface area contributed by atoms with Gasteiger partial charge in [0.05, 0.1) is 11.1 Å². The minimum atomic E-state index is -0.747. The first kappa shape index (κ1) is 18.6. The number of nitrogens with zero attached hydrogens (tertiary/aromatic N) is 2. The van der Waals surface area contributed by atoms with Gasteiger partial charge in [-0.05, 0) is 50.4 Å². The average molecular weight is 357 g/mol. The van der Waals surface area contributed by atoms with Crippen molar-refractivity contribution in [2.24, 2.45) is 11.8 Å². The maximum Gasteiger partial charge on any atom is 0.262 e. The smallest absolute Gasteiger partial charge is 0.262 e. The monoisotopic (exact) mass is 357 g/mol. The number of hydrogen-bond donors (Lipinski definition) is 1. The lowest BCUT2D eigenvalue weighted by Gasteiger charge is -2.37. The van der Waals surface area contributed by atoms with Gasteiger partial charge < -0.3 is 10.2 Å². The standard InChI is InChI=1S/C20H27N3O3/c1-13(2)17(20(26)22-10-8-14(9-11-22)12-21-3)23-18(24)15-6-4-5-7-16(15)19(23)25/h4-7,13-14,17,21H,8-12H2,1-3H3. The lowest BCUT2D eigenvalue weighted by Crippen LogP contribution is -2.55. The summed E-state index contributed by atoms with van der Waals surface area (Å²) < 4.78 is 0. The number of nitrogens with one attached hydrogen (secondary N) is 1. The first-order chi connectivity index (χ1) is 12.5. The Kier molecular flexibility index (Phi) is 5.41. The lowest BCUT2D eigenvalue weighted by molar-refractivity contribution is -0.138. The quantitative estimate of drug-likeness (QED) is 0.816. The fourth-order valence-corrected chi connectivity index (χ4v) is 3.99. The fraction of sp³-hybridized carbons (Fsp3) is 0.550. The normalized spacial score (nSPS) is 19.2. The number of benzene rings is 1. The van der Waals surface area contributed by atoms with Gasteiger partial charge in [-0.1, -0.05) is 26.0 Å². The van der Waals surface area contributed by atoms with Crippen molar-refractivity contribution in [2.75, 3.05) is 26.7 Å². The number of carbonyl (C=O) groups excluding carboxylic acids is 3. The second-order valence-electron chi connectivity index (χ2n) is 7.54. The summed E-state index contributed by atoms with van der Waals surface area (Å²) in [5, 5.41) is 3.19. The molecule has 26 heavy (non-hydrogen) atoms. The van der Waals surface area contributed by atoms with Gasteiger partial charge in [-0.15, -0.1) is 0 Å². The summed E-state index contributed by atoms with van der Waals surface area (Å²) in [6.45, 7) is 6.09. The van der Waals surface area contributed by atoms with E-state index in [0.717, 1.165) is 19.4 Å². The van der Waals surface area contributed by atoms with Gasteiger partial charge >= 0.3 is 0 Å². The van der Waals surface area contributed by atoms with Crippen LogP contribution in [0.15, 0.2) is 24.3 Å². The molecule has 3 rings (SSSR count). The van der Waals surface area contributed by atoms with Crippen LogP contribution in [0.25, 0.3) is 0 Å². The predicted molar refractivity (Wildman–Crippen MR) is 98.8 cm³/mol. The van der Waals surface area contributed by atoms with E-state index in [1.807, 2.05) is 25.8 Å². The van der Waals surface area contributed by atoms with Crippen LogP contribution in [0.1, 0.15) is 47.4 Å². The molecule has 6 heteroatoms. The Morgan fingerprint density at radius 1 is 1.12 bits per heavy atom. The van der Waals surface area contributed by atoms with E-state index in [0.29, 0.717) is 30.1 Å². The van der Waals surface area contributed by atoms with Crippen molar-refractivity contribution in [2.45, 2.75) is 32.7 Å². The summed E-state index contributed by atoms with van der Waals surface area (Å²) >= 11 is 0. The average Bonchev–Trinajstić information content (AvgIpc) is 2.88. The molecule has 1 unspecified atom stereocenters. The van der Waals surface area contributed by atoms with Crippen LogP contribution in [-0.4, -0.2) is 60.2 Å². The third-order valence-electron chi connectivity index (χ3n) is 5.41. The highest BCUT2D eigenvalue weighted by Crippen LogP contribution is 2.29. The van der Waals surface area contributed by atoms with Crippen molar-refractivity contribution in [3.05, 3.63) is 35.4 Å². The van der Waals surface area contributed by atoms with Crippen LogP contribution in [0.4, 0.5) is 0 Å². The summed E-state index contributed by atoms with van der Waals surface area (Å²) in [6.07, 6.45) is 1.89. The number of rotatable bonds is 5. The van der Waals surface area contributed by atoms with E-state index in [1.54, 1.807) is 24.3 Å². The topological polar surface area (TPSA) is 69.7 Å². The van der Waals surface area contributed by atoms with E-state index in [1.165, 1.54) is 4.90 Å². The number of fused-ring (bicyclic) bond motifs is 1. The molecule has 3 amide bonds. The van der Waals surface area contributed by atoms with Crippen LogP contribution in [0.3, 0.4) is 0 Å². The fourth-order valence-electron chi connectivity index (χ4n) is 3.99. The molecule has 1 atom stereocenters. The third-order valence-corrected chi connectivity index (χ3v) is 5.41. The van der Waals surface area contributed by atoms with E-state index in [4.69, 9.17) is 0 Å². The number of likely N-dealkylation sites (tertiary alicyclic amines) is 1. The molecule has 1 aromatic carbocycles. The molecule has 0 saturated carbocycles. The molecular weight excluding hydrogens is 330 g/mol. The number of piperidine rings is 1. The first-order valence-corrected chi connectivity index (χ1v) is 9.36. The van der Waals surface area contributed by atoms with Crippen molar-refractivity contribution < 1.29 is 14.4 Å². The van der Waals surface area contributed by atoms with Gasteiger partial charge in [-0.25, -0.2) is 0 Å². The molecule has 6 nitrogen and oxygen atoms in total. The Morgan fingerprint density at radius 3 is 2.12 bits per heavy atom. The predicted octanol–water partition coefficient (Wildman–Crippen LogP) is 1.77. The summed E-state index contributed by atoms with van der Waals surface area (Å²) in [7, 11) is 1.94. The van der Waals surface area contributed by atoms with E-state index in [9.17, 15) is 14.4 Å². The van der Waals surface area contributed by atoms with E-state index >= 15 is 0 Å². The van der Waals surface area contributed by atoms with Crippen molar-refractivity contribution in [1.29, 1.82) is 0 Å². The highest BCUT2D eigenvalue weighted by Gasteiger charge is 2.45. The molecule has 2 aliphatic heterocycles. The SMILES string of the molecule is CNCC1CCN(C(=O)C(C(C)C)N2C(=O)c3ccccc3C2=O)CC1. The molecule has 1 N–H and O–H groups in total. The van der Waals surface area contributed by atoms with Gasteiger partial charge in [0.2, 0.25) is 5.91 Å². The molecule has 1 fully saturated rings. The Balaban J connectivity index is 1.79. The van der Waals surface area contributed by atoms with Crippen molar-refractivity contribution in [3.8, 4) is 0 Å². The highest BCUT2D eigenvalue weighted by molar-refractivity contribution is 6.22. The lowest BCUT2D eigenvalue weighted by atomic mass is 9.94. The number of carbonyl (C=O) groups is 3. The van der Waals surface area contributed by atoms with Gasteiger partial charge in [-0.3, -0.25) is 19.3 Å². The van der Waals surface area contributed by atoms with Gasteiger partial charge in [0.25, 0.3) is 11.8 Å². The summed E-state index contributed by atoms with van der Waals surface area (Å²) in [5.41, 5.74) is 0.785. The Hall–Kier alpha value is -2.21. The zero-order valence-corrected chi connectivity index (χ0v) is 15.7. The highest BCUT2D eigenvalue weighted by atomic mass is 16.2. The number of hydrogen-bond acceptors (Lipinski definition) is 4. The maximum atomic E-state index is 13.2. The minimum absolute atomic E-state index is 0.114. The molecule has 0 radical (unpaired) electrons. The van der Waals surface area contributed by atoms with Crippen molar-refractivity contribution in [1.82, 2.24) is 15.1 Å². The molecular formula is C20H27N3O3. The van der Waals surface area contributed by atoms with Crippen LogP contribution >= 0.6 is 0 Å². The van der Waals surface area contributed by atoms with Crippen LogP contribution in [0.2, 0.25) is 0 Å². The summed E-state index contributed by atoms with van der Waals surface area (Å²) in [4.78, 5) is 41.8. The third kappa shape index (κ3) is 3.26. The van der Waals surface area contributed by atoms with Gasteiger partial charge in [0.15, 0.2) is 0 Å². The van der Waals surface area contributed by atoms with Crippen LogP contribution < -0.4 is 5.32 Å². The van der Waals surface area contributed by atoms with Gasteiger partial charge in [0, 0.05) is 13.1 Å². The molecule has 0 aromatic heterocycles. The Labute approximate surface area is 154 Å². The summed E-state index contributed by atoms with van der Waals surface area (Å²) in [6, 6.07) is 6.04. The van der Waals surface area contributed by atoms with Crippen LogP contribution in [-0.2, 0) is 4.79 Å². The molecule has 0 bridgehead atoms. The van der Waals surface area contributed by atoms with E-state index in [2.05, 4.69) is 5.32 Å².